The average molecular weight is 331 g/mol. The smallest absolute Gasteiger partial charge is 0.231 e. The number of benzene rings is 2. The standard InChI is InChI=1S/C16H11ClN2O2S/c17-11-2-1-3-12(7-11)19-8-13(18-16(19)22)10-4-5-14-15(6-10)21-9-20-14/h1-8H,9H2,(H,18,22). The van der Waals surface area contributed by atoms with Crippen molar-refractivity contribution < 1.29 is 9.47 Å². The van der Waals surface area contributed by atoms with Gasteiger partial charge in [0.05, 0.1) is 5.69 Å². The number of nitrogens with zero attached hydrogens (tertiary/aromatic N) is 1. The second kappa shape index (κ2) is 5.19. The van der Waals surface area contributed by atoms with Gasteiger partial charge in [-0.15, -0.1) is 0 Å². The summed E-state index contributed by atoms with van der Waals surface area (Å²) in [6.07, 6.45) is 1.95. The summed E-state index contributed by atoms with van der Waals surface area (Å²) in [6.45, 7) is 0.262. The highest BCUT2D eigenvalue weighted by Crippen LogP contribution is 2.35. The van der Waals surface area contributed by atoms with Crippen molar-refractivity contribution in [2.45, 2.75) is 0 Å². The number of nitrogens with one attached hydrogen (secondary N) is 1. The Balaban J connectivity index is 1.79. The number of halogens is 1. The van der Waals surface area contributed by atoms with E-state index in [9.17, 15) is 0 Å². The Bertz CT molecular complexity index is 917. The molecule has 0 saturated heterocycles. The lowest BCUT2D eigenvalue weighted by Crippen LogP contribution is -1.92. The van der Waals surface area contributed by atoms with Crippen LogP contribution < -0.4 is 9.47 Å². The first-order valence-electron chi connectivity index (χ1n) is 6.68. The van der Waals surface area contributed by atoms with E-state index in [2.05, 4.69) is 4.98 Å². The third-order valence-corrected chi connectivity index (χ3v) is 4.02. The molecular formula is C16H11ClN2O2S. The zero-order valence-corrected chi connectivity index (χ0v) is 12.9. The molecule has 4 rings (SSSR count). The second-order valence-corrected chi connectivity index (χ2v) is 5.71. The number of H-pyrrole nitrogens is 1. The molecule has 0 atom stereocenters. The zero-order chi connectivity index (χ0) is 15.1. The number of aromatic nitrogens is 2. The topological polar surface area (TPSA) is 39.2 Å². The van der Waals surface area contributed by atoms with Gasteiger partial charge >= 0.3 is 0 Å². The van der Waals surface area contributed by atoms with Crippen LogP contribution in [-0.2, 0) is 0 Å². The number of ether oxygens (including phenoxy) is 2. The van der Waals surface area contributed by atoms with Crippen LogP contribution in [0.2, 0.25) is 5.02 Å². The Kier molecular flexibility index (Phi) is 3.17. The Morgan fingerprint density at radius 1 is 1.09 bits per heavy atom. The normalized spacial score (nSPS) is 12.6. The summed E-state index contributed by atoms with van der Waals surface area (Å²) in [5, 5.41) is 0.672. The Morgan fingerprint density at radius 3 is 2.82 bits per heavy atom. The van der Waals surface area contributed by atoms with Crippen molar-refractivity contribution in [3.05, 3.63) is 58.5 Å². The van der Waals surface area contributed by atoms with Crippen molar-refractivity contribution in [1.82, 2.24) is 9.55 Å². The monoisotopic (exact) mass is 330 g/mol. The van der Waals surface area contributed by atoms with Crippen LogP contribution in [0, 0.1) is 4.77 Å². The van der Waals surface area contributed by atoms with Gasteiger partial charge in [0.15, 0.2) is 16.3 Å². The first kappa shape index (κ1) is 13.4. The summed E-state index contributed by atoms with van der Waals surface area (Å²) in [5.74, 6) is 1.50. The van der Waals surface area contributed by atoms with Gasteiger partial charge in [-0.3, -0.25) is 4.57 Å². The Labute approximate surface area is 136 Å². The van der Waals surface area contributed by atoms with Gasteiger partial charge in [-0.1, -0.05) is 17.7 Å². The summed E-state index contributed by atoms with van der Waals surface area (Å²) >= 11 is 11.5. The molecule has 0 spiro atoms. The lowest BCUT2D eigenvalue weighted by Gasteiger charge is -2.02. The zero-order valence-electron chi connectivity index (χ0n) is 11.4. The van der Waals surface area contributed by atoms with Crippen molar-refractivity contribution >= 4 is 23.8 Å². The van der Waals surface area contributed by atoms with Crippen LogP contribution >= 0.6 is 23.8 Å². The van der Waals surface area contributed by atoms with Crippen LogP contribution in [0.4, 0.5) is 0 Å². The van der Waals surface area contributed by atoms with Crippen LogP contribution in [-0.4, -0.2) is 16.3 Å². The molecule has 2 heterocycles. The van der Waals surface area contributed by atoms with Gasteiger partial charge in [0, 0.05) is 22.5 Å². The minimum atomic E-state index is 0.262. The summed E-state index contributed by atoms with van der Waals surface area (Å²) in [7, 11) is 0. The van der Waals surface area contributed by atoms with Gasteiger partial charge in [0.1, 0.15) is 0 Å². The minimum absolute atomic E-state index is 0.262. The maximum absolute atomic E-state index is 6.05. The SMILES string of the molecule is S=c1[nH]c(-c2ccc3c(c2)OCO3)cn1-c1cccc(Cl)c1. The quantitative estimate of drug-likeness (QED) is 0.699. The molecule has 0 saturated carbocycles. The van der Waals surface area contributed by atoms with Gasteiger partial charge in [-0.05, 0) is 48.6 Å². The predicted octanol–water partition coefficient (Wildman–Crippen LogP) is 4.58. The van der Waals surface area contributed by atoms with Gasteiger partial charge in [-0.2, -0.15) is 0 Å². The molecule has 0 fully saturated rings. The molecule has 1 aliphatic rings. The highest BCUT2D eigenvalue weighted by atomic mass is 35.5. The number of fused-ring (bicyclic) bond motifs is 1. The molecule has 2 aromatic carbocycles. The minimum Gasteiger partial charge on any atom is -0.454 e. The molecule has 6 heteroatoms. The summed E-state index contributed by atoms with van der Waals surface area (Å²) < 4.78 is 13.2. The van der Waals surface area contributed by atoms with E-state index in [1.807, 2.05) is 53.2 Å². The van der Waals surface area contributed by atoms with Gasteiger partial charge < -0.3 is 14.5 Å². The number of hydrogen-bond acceptors (Lipinski definition) is 3. The van der Waals surface area contributed by atoms with Gasteiger partial charge in [-0.25, -0.2) is 0 Å². The molecular weight excluding hydrogens is 320 g/mol. The molecule has 3 aromatic rings. The van der Waals surface area contributed by atoms with Gasteiger partial charge in [0.2, 0.25) is 6.79 Å². The first-order chi connectivity index (χ1) is 10.7. The van der Waals surface area contributed by atoms with E-state index in [1.54, 1.807) is 0 Å². The third kappa shape index (κ3) is 2.28. The van der Waals surface area contributed by atoms with Crippen LogP contribution in [0.1, 0.15) is 0 Å². The highest BCUT2D eigenvalue weighted by molar-refractivity contribution is 7.71. The van der Waals surface area contributed by atoms with Crippen LogP contribution in [0.25, 0.3) is 16.9 Å². The van der Waals surface area contributed by atoms with E-state index in [0.717, 1.165) is 28.4 Å². The fourth-order valence-corrected chi connectivity index (χ4v) is 2.88. The van der Waals surface area contributed by atoms with Crippen molar-refractivity contribution in [1.29, 1.82) is 0 Å². The molecule has 110 valence electrons. The van der Waals surface area contributed by atoms with E-state index in [-0.39, 0.29) is 6.79 Å². The largest absolute Gasteiger partial charge is 0.454 e. The molecule has 0 unspecified atom stereocenters. The highest BCUT2D eigenvalue weighted by Gasteiger charge is 2.15. The van der Waals surface area contributed by atoms with E-state index >= 15 is 0 Å². The molecule has 1 N–H and O–H groups in total. The van der Waals surface area contributed by atoms with Crippen LogP contribution in [0.3, 0.4) is 0 Å². The van der Waals surface area contributed by atoms with Crippen LogP contribution in [0.5, 0.6) is 11.5 Å². The molecule has 0 bridgehead atoms. The molecule has 22 heavy (non-hydrogen) atoms. The Hall–Kier alpha value is -2.24. The van der Waals surface area contributed by atoms with Crippen molar-refractivity contribution in [3.63, 3.8) is 0 Å². The van der Waals surface area contributed by atoms with Crippen molar-refractivity contribution in [3.8, 4) is 28.4 Å². The third-order valence-electron chi connectivity index (χ3n) is 3.49. The second-order valence-electron chi connectivity index (χ2n) is 4.89. The van der Waals surface area contributed by atoms with E-state index in [0.29, 0.717) is 9.79 Å². The fourth-order valence-electron chi connectivity index (χ4n) is 2.42. The number of hydrogen-bond donors (Lipinski definition) is 1. The predicted molar refractivity (Wildman–Crippen MR) is 87.5 cm³/mol. The lowest BCUT2D eigenvalue weighted by atomic mass is 10.1. The average Bonchev–Trinajstić information content (AvgIpc) is 3.12. The lowest BCUT2D eigenvalue weighted by molar-refractivity contribution is 0.174. The summed E-state index contributed by atoms with van der Waals surface area (Å²) in [5.41, 5.74) is 2.81. The van der Waals surface area contributed by atoms with Crippen molar-refractivity contribution in [2.24, 2.45) is 0 Å². The van der Waals surface area contributed by atoms with E-state index in [1.165, 1.54) is 0 Å². The summed E-state index contributed by atoms with van der Waals surface area (Å²) in [4.78, 5) is 3.21. The first-order valence-corrected chi connectivity index (χ1v) is 7.47. The number of imidazole rings is 1. The van der Waals surface area contributed by atoms with Gasteiger partial charge in [0.25, 0.3) is 0 Å². The van der Waals surface area contributed by atoms with E-state index < -0.39 is 0 Å². The number of rotatable bonds is 2. The maximum atomic E-state index is 6.05. The molecule has 1 aromatic heterocycles. The van der Waals surface area contributed by atoms with Crippen LogP contribution in [0.15, 0.2) is 48.7 Å². The van der Waals surface area contributed by atoms with Crippen molar-refractivity contribution in [2.75, 3.05) is 6.79 Å². The summed E-state index contributed by atoms with van der Waals surface area (Å²) in [6, 6.07) is 13.4. The molecule has 1 aliphatic heterocycles. The molecule has 0 radical (unpaired) electrons. The fraction of sp³-hybridized carbons (Fsp3) is 0.0625. The number of aromatic amines is 1. The van der Waals surface area contributed by atoms with E-state index in [4.69, 9.17) is 33.3 Å². The molecule has 0 amide bonds. The molecule has 4 nitrogen and oxygen atoms in total. The molecule has 0 aliphatic carbocycles. The maximum Gasteiger partial charge on any atom is 0.231 e. The Morgan fingerprint density at radius 2 is 1.95 bits per heavy atom.